The van der Waals surface area contributed by atoms with Gasteiger partial charge in [-0.05, 0) is 43.3 Å². The van der Waals surface area contributed by atoms with Crippen molar-refractivity contribution in [1.29, 1.82) is 0 Å². The highest BCUT2D eigenvalue weighted by atomic mass is 19.1. The number of rotatable bonds is 4. The normalized spacial score (nSPS) is 10.9. The van der Waals surface area contributed by atoms with E-state index < -0.39 is 5.56 Å². The molecule has 2 aromatic heterocycles. The Kier molecular flexibility index (Phi) is 4.40. The molecule has 0 bridgehead atoms. The number of carbonyl (C=O) groups is 1. The van der Waals surface area contributed by atoms with Crippen LogP contribution in [0.5, 0.6) is 0 Å². The quantitative estimate of drug-likeness (QED) is 0.587. The Balaban J connectivity index is 1.60. The molecule has 28 heavy (non-hydrogen) atoms. The van der Waals surface area contributed by atoms with Gasteiger partial charge in [-0.15, -0.1) is 5.10 Å². The van der Waals surface area contributed by atoms with Gasteiger partial charge in [-0.3, -0.25) is 14.2 Å². The summed E-state index contributed by atoms with van der Waals surface area (Å²) in [5.74, 6) is -0.749. The molecule has 0 saturated heterocycles. The van der Waals surface area contributed by atoms with Crippen molar-refractivity contribution < 1.29 is 9.18 Å². The molecule has 1 amide bonds. The van der Waals surface area contributed by atoms with Crippen molar-refractivity contribution in [2.24, 2.45) is 0 Å². The average molecular weight is 378 g/mol. The molecule has 0 aliphatic heterocycles. The molecule has 0 atom stereocenters. The van der Waals surface area contributed by atoms with Crippen LogP contribution in [0.25, 0.3) is 16.9 Å². The third-order valence-electron chi connectivity index (χ3n) is 4.15. The molecule has 0 aliphatic carbocycles. The molecule has 9 heteroatoms. The van der Waals surface area contributed by atoms with Gasteiger partial charge in [0.15, 0.2) is 11.2 Å². The Morgan fingerprint density at radius 3 is 2.54 bits per heavy atom. The largest absolute Gasteiger partial charge is 0.325 e. The zero-order chi connectivity index (χ0) is 19.7. The van der Waals surface area contributed by atoms with Crippen LogP contribution in [0, 0.1) is 12.7 Å². The number of aromatic nitrogens is 5. The Morgan fingerprint density at radius 1 is 1.11 bits per heavy atom. The number of hydrogen-bond donors (Lipinski definition) is 1. The van der Waals surface area contributed by atoms with Crippen molar-refractivity contribution in [2.45, 2.75) is 13.5 Å². The minimum absolute atomic E-state index is 0.0231. The molecular formula is C19H15FN6O2. The fraction of sp³-hybridized carbons (Fsp3) is 0.105. The van der Waals surface area contributed by atoms with E-state index in [2.05, 4.69) is 20.6 Å². The standard InChI is InChI=1S/C19H15FN6O2/c1-12-2-6-14(7-3-12)22-16(27)10-25-11-21-18-17(19(25)28)23-24-26(18)15-8-4-13(20)5-9-15/h2-9,11H,10H2,1H3,(H,22,27). The Labute approximate surface area is 158 Å². The molecule has 2 heterocycles. The van der Waals surface area contributed by atoms with Gasteiger partial charge in [0, 0.05) is 5.69 Å². The predicted molar refractivity (Wildman–Crippen MR) is 101 cm³/mol. The van der Waals surface area contributed by atoms with Crippen LogP contribution in [0.4, 0.5) is 10.1 Å². The fourth-order valence-electron chi connectivity index (χ4n) is 2.70. The second-order valence-corrected chi connectivity index (χ2v) is 6.24. The number of amides is 1. The zero-order valence-electron chi connectivity index (χ0n) is 14.8. The molecule has 1 N–H and O–H groups in total. The van der Waals surface area contributed by atoms with E-state index in [4.69, 9.17) is 0 Å². The van der Waals surface area contributed by atoms with Gasteiger partial charge in [0.25, 0.3) is 5.56 Å². The lowest BCUT2D eigenvalue weighted by Gasteiger charge is -2.07. The summed E-state index contributed by atoms with van der Waals surface area (Å²) in [6.45, 7) is 1.74. The minimum Gasteiger partial charge on any atom is -0.325 e. The minimum atomic E-state index is -0.489. The second kappa shape index (κ2) is 7.03. The molecule has 0 spiro atoms. The van der Waals surface area contributed by atoms with Gasteiger partial charge in [0.1, 0.15) is 18.7 Å². The molecule has 4 rings (SSSR count). The highest BCUT2D eigenvalue weighted by Gasteiger charge is 2.15. The summed E-state index contributed by atoms with van der Waals surface area (Å²) in [6.07, 6.45) is 1.27. The van der Waals surface area contributed by atoms with Crippen molar-refractivity contribution in [3.63, 3.8) is 0 Å². The number of fused-ring (bicyclic) bond motifs is 1. The Morgan fingerprint density at radius 2 is 1.82 bits per heavy atom. The summed E-state index contributed by atoms with van der Waals surface area (Å²) in [5, 5.41) is 10.5. The molecule has 4 aromatic rings. The van der Waals surface area contributed by atoms with Crippen molar-refractivity contribution in [3.05, 3.63) is 76.6 Å². The number of anilines is 1. The maximum atomic E-state index is 13.1. The summed E-state index contributed by atoms with van der Waals surface area (Å²) in [7, 11) is 0. The van der Waals surface area contributed by atoms with E-state index in [0.29, 0.717) is 11.4 Å². The first-order chi connectivity index (χ1) is 13.5. The topological polar surface area (TPSA) is 94.7 Å². The molecular weight excluding hydrogens is 363 g/mol. The predicted octanol–water partition coefficient (Wildman–Crippen LogP) is 2.06. The second-order valence-electron chi connectivity index (χ2n) is 6.24. The summed E-state index contributed by atoms with van der Waals surface area (Å²) >= 11 is 0. The maximum absolute atomic E-state index is 13.1. The third kappa shape index (κ3) is 3.37. The smallest absolute Gasteiger partial charge is 0.284 e. The summed E-state index contributed by atoms with van der Waals surface area (Å²) < 4.78 is 15.6. The number of nitrogens with one attached hydrogen (secondary N) is 1. The Bertz CT molecular complexity index is 1210. The number of aryl methyl sites for hydroxylation is 1. The van der Waals surface area contributed by atoms with Gasteiger partial charge < -0.3 is 5.32 Å². The highest BCUT2D eigenvalue weighted by Crippen LogP contribution is 2.12. The van der Waals surface area contributed by atoms with E-state index in [-0.39, 0.29) is 29.4 Å². The van der Waals surface area contributed by atoms with Gasteiger partial charge in [0.2, 0.25) is 5.91 Å². The number of halogens is 1. The highest BCUT2D eigenvalue weighted by molar-refractivity contribution is 5.90. The molecule has 0 unspecified atom stereocenters. The summed E-state index contributed by atoms with van der Waals surface area (Å²) in [5.41, 5.74) is 2.00. The van der Waals surface area contributed by atoms with Crippen LogP contribution < -0.4 is 10.9 Å². The Hall–Kier alpha value is -3.88. The van der Waals surface area contributed by atoms with Crippen molar-refractivity contribution in [3.8, 4) is 5.69 Å². The van der Waals surface area contributed by atoms with Gasteiger partial charge in [0.05, 0.1) is 5.69 Å². The van der Waals surface area contributed by atoms with E-state index in [9.17, 15) is 14.0 Å². The van der Waals surface area contributed by atoms with Crippen LogP contribution in [0.2, 0.25) is 0 Å². The SMILES string of the molecule is Cc1ccc(NC(=O)Cn2cnc3c(nnn3-c3ccc(F)cc3)c2=O)cc1. The lowest BCUT2D eigenvalue weighted by atomic mass is 10.2. The molecule has 8 nitrogen and oxygen atoms in total. The zero-order valence-corrected chi connectivity index (χ0v) is 14.8. The van der Waals surface area contributed by atoms with Crippen LogP contribution in [-0.2, 0) is 11.3 Å². The van der Waals surface area contributed by atoms with Crippen molar-refractivity contribution >= 4 is 22.8 Å². The molecule has 0 radical (unpaired) electrons. The summed E-state index contributed by atoms with van der Waals surface area (Å²) in [6, 6.07) is 12.9. The van der Waals surface area contributed by atoms with E-state index in [1.807, 2.05) is 19.1 Å². The number of benzene rings is 2. The van der Waals surface area contributed by atoms with Crippen molar-refractivity contribution in [2.75, 3.05) is 5.32 Å². The fourth-order valence-corrected chi connectivity index (χ4v) is 2.70. The van der Waals surface area contributed by atoms with Gasteiger partial charge in [-0.25, -0.2) is 9.37 Å². The van der Waals surface area contributed by atoms with Gasteiger partial charge >= 0.3 is 0 Å². The van der Waals surface area contributed by atoms with E-state index in [0.717, 1.165) is 10.1 Å². The number of nitrogens with zero attached hydrogens (tertiary/aromatic N) is 5. The number of hydrogen-bond acceptors (Lipinski definition) is 5. The van der Waals surface area contributed by atoms with Crippen LogP contribution in [0.15, 0.2) is 59.7 Å². The maximum Gasteiger partial charge on any atom is 0.284 e. The van der Waals surface area contributed by atoms with Crippen LogP contribution in [-0.4, -0.2) is 30.5 Å². The molecule has 0 saturated carbocycles. The van der Waals surface area contributed by atoms with Crippen LogP contribution in [0.3, 0.4) is 0 Å². The first-order valence-electron chi connectivity index (χ1n) is 8.44. The molecule has 2 aromatic carbocycles. The molecule has 0 fully saturated rings. The van der Waals surface area contributed by atoms with Crippen LogP contribution in [0.1, 0.15) is 5.56 Å². The monoisotopic (exact) mass is 378 g/mol. The van der Waals surface area contributed by atoms with E-state index in [1.54, 1.807) is 12.1 Å². The number of carbonyl (C=O) groups excluding carboxylic acids is 1. The first kappa shape index (κ1) is 17.5. The molecule has 0 aliphatic rings. The molecule has 140 valence electrons. The van der Waals surface area contributed by atoms with Crippen molar-refractivity contribution in [1.82, 2.24) is 24.5 Å². The lowest BCUT2D eigenvalue weighted by Crippen LogP contribution is -2.28. The van der Waals surface area contributed by atoms with E-state index >= 15 is 0 Å². The summed E-state index contributed by atoms with van der Waals surface area (Å²) in [4.78, 5) is 29.1. The first-order valence-corrected chi connectivity index (χ1v) is 8.44. The average Bonchev–Trinajstić information content (AvgIpc) is 3.11. The van der Waals surface area contributed by atoms with Gasteiger partial charge in [-0.1, -0.05) is 22.9 Å². The van der Waals surface area contributed by atoms with E-state index in [1.165, 1.54) is 35.3 Å². The third-order valence-corrected chi connectivity index (χ3v) is 4.15. The lowest BCUT2D eigenvalue weighted by molar-refractivity contribution is -0.116. The van der Waals surface area contributed by atoms with Crippen LogP contribution >= 0.6 is 0 Å². The van der Waals surface area contributed by atoms with Gasteiger partial charge in [-0.2, -0.15) is 4.68 Å².